The zero-order valence-corrected chi connectivity index (χ0v) is 8.66. The Morgan fingerprint density at radius 3 is 2.36 bits per heavy atom. The predicted molar refractivity (Wildman–Crippen MR) is 56.2 cm³/mol. The van der Waals surface area contributed by atoms with Crippen LogP contribution in [0.2, 0.25) is 0 Å². The molecule has 72 valence electrons. The summed E-state index contributed by atoms with van der Waals surface area (Å²) in [6.45, 7) is 6.35. The summed E-state index contributed by atoms with van der Waals surface area (Å²) < 4.78 is 4.84. The largest absolute Gasteiger partial charge is 0.364 e. The average molecular weight is 187 g/mol. The number of rotatable bonds is 1. The molecule has 0 aliphatic carbocycles. The van der Waals surface area contributed by atoms with Gasteiger partial charge < -0.3 is 4.52 Å². The quantitative estimate of drug-likeness (QED) is 0.684. The van der Waals surface area contributed by atoms with Crippen molar-refractivity contribution in [2.75, 3.05) is 0 Å². The first-order valence-electron chi connectivity index (χ1n) is 4.66. The van der Waals surface area contributed by atoms with Crippen LogP contribution < -0.4 is 0 Å². The summed E-state index contributed by atoms with van der Waals surface area (Å²) in [4.78, 5) is 0. The third kappa shape index (κ3) is 1.43. The van der Waals surface area contributed by atoms with Crippen molar-refractivity contribution in [1.82, 2.24) is 5.16 Å². The van der Waals surface area contributed by atoms with Crippen LogP contribution in [0.3, 0.4) is 0 Å². The van der Waals surface area contributed by atoms with Gasteiger partial charge in [-0.3, -0.25) is 0 Å². The summed E-state index contributed by atoms with van der Waals surface area (Å²) in [5.41, 5.74) is 6.13. The summed E-state index contributed by atoms with van der Waals surface area (Å²) in [6.07, 6.45) is 3.42. The van der Waals surface area contributed by atoms with Gasteiger partial charge in [-0.2, -0.15) is 0 Å². The van der Waals surface area contributed by atoms with E-state index in [0.717, 1.165) is 5.56 Å². The van der Waals surface area contributed by atoms with E-state index < -0.39 is 0 Å². The van der Waals surface area contributed by atoms with E-state index in [4.69, 9.17) is 4.52 Å². The summed E-state index contributed by atoms with van der Waals surface area (Å²) in [7, 11) is 0. The van der Waals surface area contributed by atoms with Crippen LogP contribution in [-0.4, -0.2) is 5.16 Å². The molecule has 2 nitrogen and oxygen atoms in total. The van der Waals surface area contributed by atoms with Crippen molar-refractivity contribution in [3.05, 3.63) is 41.3 Å². The Kier molecular flexibility index (Phi) is 2.12. The molecule has 0 saturated heterocycles. The van der Waals surface area contributed by atoms with Crippen LogP contribution in [0, 0.1) is 20.8 Å². The molecular formula is C12H13NO. The molecular weight excluding hydrogens is 174 g/mol. The van der Waals surface area contributed by atoms with E-state index >= 15 is 0 Å². The number of nitrogens with zero attached hydrogens (tertiary/aromatic N) is 1. The molecule has 0 fully saturated rings. The molecule has 0 saturated carbocycles. The number of benzene rings is 1. The molecule has 0 radical (unpaired) electrons. The summed E-state index contributed by atoms with van der Waals surface area (Å²) in [6, 6.07) is 4.37. The average Bonchev–Trinajstić information content (AvgIpc) is 2.64. The molecule has 0 aliphatic heterocycles. The molecule has 1 aromatic carbocycles. The van der Waals surface area contributed by atoms with Gasteiger partial charge in [-0.15, -0.1) is 0 Å². The van der Waals surface area contributed by atoms with Crippen LogP contribution in [-0.2, 0) is 0 Å². The van der Waals surface area contributed by atoms with Crippen LogP contribution in [0.25, 0.3) is 11.1 Å². The van der Waals surface area contributed by atoms with E-state index in [9.17, 15) is 0 Å². The zero-order valence-electron chi connectivity index (χ0n) is 8.66. The molecule has 14 heavy (non-hydrogen) atoms. The lowest BCUT2D eigenvalue weighted by molar-refractivity contribution is 0.420. The molecule has 2 aromatic rings. The predicted octanol–water partition coefficient (Wildman–Crippen LogP) is 3.27. The Morgan fingerprint density at radius 1 is 1.00 bits per heavy atom. The second kappa shape index (κ2) is 3.29. The Morgan fingerprint density at radius 2 is 1.71 bits per heavy atom. The Bertz CT molecular complexity index is 444. The van der Waals surface area contributed by atoms with Gasteiger partial charge in [0.25, 0.3) is 0 Å². The Hall–Kier alpha value is -1.57. The van der Waals surface area contributed by atoms with E-state index in [-0.39, 0.29) is 0 Å². The van der Waals surface area contributed by atoms with Gasteiger partial charge in [0.15, 0.2) is 0 Å². The minimum Gasteiger partial charge on any atom is -0.364 e. The Balaban J connectivity index is 2.60. The fraction of sp³-hybridized carbons (Fsp3) is 0.250. The highest BCUT2D eigenvalue weighted by molar-refractivity contribution is 5.66. The zero-order chi connectivity index (χ0) is 10.1. The van der Waals surface area contributed by atoms with Crippen LogP contribution in [0.4, 0.5) is 0 Å². The minimum absolute atomic E-state index is 1.05. The highest BCUT2D eigenvalue weighted by Crippen LogP contribution is 2.25. The summed E-state index contributed by atoms with van der Waals surface area (Å²) >= 11 is 0. The Labute approximate surface area is 83.5 Å². The van der Waals surface area contributed by atoms with Crippen molar-refractivity contribution >= 4 is 0 Å². The number of hydrogen-bond donors (Lipinski definition) is 0. The van der Waals surface area contributed by atoms with Crippen molar-refractivity contribution in [1.29, 1.82) is 0 Å². The van der Waals surface area contributed by atoms with Gasteiger partial charge in [-0.05, 0) is 43.0 Å². The second-order valence-electron chi connectivity index (χ2n) is 3.66. The van der Waals surface area contributed by atoms with Crippen molar-refractivity contribution in [3.63, 3.8) is 0 Å². The fourth-order valence-corrected chi connectivity index (χ4v) is 1.61. The molecule has 0 aliphatic rings. The molecule has 0 spiro atoms. The molecule has 0 N–H and O–H groups in total. The maximum Gasteiger partial charge on any atom is 0.131 e. The van der Waals surface area contributed by atoms with E-state index in [1.165, 1.54) is 22.3 Å². The molecule has 0 amide bonds. The lowest BCUT2D eigenvalue weighted by Gasteiger charge is -2.07. The van der Waals surface area contributed by atoms with Gasteiger partial charge in [0.1, 0.15) is 6.26 Å². The molecule has 2 heteroatoms. The van der Waals surface area contributed by atoms with E-state index in [1.54, 1.807) is 12.5 Å². The fourth-order valence-electron chi connectivity index (χ4n) is 1.61. The standard InChI is InChI=1S/C12H13NO/c1-8-4-10(3)12(5-9(8)2)11-6-13-14-7-11/h4-7H,1-3H3. The molecule has 0 atom stereocenters. The van der Waals surface area contributed by atoms with Crippen molar-refractivity contribution in [2.45, 2.75) is 20.8 Å². The smallest absolute Gasteiger partial charge is 0.131 e. The van der Waals surface area contributed by atoms with Gasteiger partial charge in [0, 0.05) is 5.56 Å². The van der Waals surface area contributed by atoms with Gasteiger partial charge in [-0.1, -0.05) is 17.3 Å². The van der Waals surface area contributed by atoms with E-state index in [0.29, 0.717) is 0 Å². The number of hydrogen-bond acceptors (Lipinski definition) is 2. The minimum atomic E-state index is 1.05. The molecule has 0 unspecified atom stereocenters. The normalized spacial score (nSPS) is 10.5. The number of aryl methyl sites for hydroxylation is 3. The first kappa shape index (κ1) is 9.00. The van der Waals surface area contributed by atoms with Gasteiger partial charge in [-0.25, -0.2) is 0 Å². The van der Waals surface area contributed by atoms with Crippen molar-refractivity contribution in [3.8, 4) is 11.1 Å². The van der Waals surface area contributed by atoms with Crippen LogP contribution >= 0.6 is 0 Å². The maximum atomic E-state index is 4.84. The van der Waals surface area contributed by atoms with E-state index in [1.807, 2.05) is 0 Å². The molecule has 0 bridgehead atoms. The maximum absolute atomic E-state index is 4.84. The highest BCUT2D eigenvalue weighted by atomic mass is 16.5. The highest BCUT2D eigenvalue weighted by Gasteiger charge is 2.05. The van der Waals surface area contributed by atoms with Gasteiger partial charge in [0.2, 0.25) is 0 Å². The second-order valence-corrected chi connectivity index (χ2v) is 3.66. The molecule has 2 rings (SSSR count). The van der Waals surface area contributed by atoms with Gasteiger partial charge in [0.05, 0.1) is 6.20 Å². The third-order valence-electron chi connectivity index (χ3n) is 2.58. The lowest BCUT2D eigenvalue weighted by Crippen LogP contribution is -1.87. The lowest BCUT2D eigenvalue weighted by atomic mass is 9.98. The third-order valence-corrected chi connectivity index (χ3v) is 2.58. The monoisotopic (exact) mass is 187 g/mol. The summed E-state index contributed by atoms with van der Waals surface area (Å²) in [5, 5.41) is 3.72. The van der Waals surface area contributed by atoms with Crippen LogP contribution in [0.15, 0.2) is 29.1 Å². The molecule has 1 heterocycles. The van der Waals surface area contributed by atoms with Crippen molar-refractivity contribution < 1.29 is 4.52 Å². The topological polar surface area (TPSA) is 26.0 Å². The number of aromatic nitrogens is 1. The SMILES string of the molecule is Cc1cc(C)c(-c2cnoc2)cc1C. The first-order valence-corrected chi connectivity index (χ1v) is 4.66. The molecule has 1 aromatic heterocycles. The van der Waals surface area contributed by atoms with E-state index in [2.05, 4.69) is 38.1 Å². The van der Waals surface area contributed by atoms with Gasteiger partial charge >= 0.3 is 0 Å². The summed E-state index contributed by atoms with van der Waals surface area (Å²) in [5.74, 6) is 0. The van der Waals surface area contributed by atoms with Crippen molar-refractivity contribution in [2.24, 2.45) is 0 Å². The first-order chi connectivity index (χ1) is 6.68. The van der Waals surface area contributed by atoms with Crippen LogP contribution in [0.5, 0.6) is 0 Å². The van der Waals surface area contributed by atoms with Crippen LogP contribution in [0.1, 0.15) is 16.7 Å².